The van der Waals surface area contributed by atoms with Gasteiger partial charge in [-0.15, -0.1) is 0 Å². The largest absolute Gasteiger partial charge is 0.481 e. The number of aliphatic carboxylic acids is 1. The number of hydrogen-bond donors (Lipinski definition) is 2. The third kappa shape index (κ3) is 4.16. The zero-order valence-corrected chi connectivity index (χ0v) is 14.5. The van der Waals surface area contributed by atoms with Gasteiger partial charge in [-0.1, -0.05) is 6.07 Å². The normalized spacial score (nSPS) is 20.9. The zero-order chi connectivity index (χ0) is 19.4. The van der Waals surface area contributed by atoms with Crippen LogP contribution in [0.25, 0.3) is 0 Å². The Labute approximate surface area is 150 Å². The minimum Gasteiger partial charge on any atom is -0.481 e. The molecule has 1 saturated heterocycles. The van der Waals surface area contributed by atoms with Gasteiger partial charge in [0.15, 0.2) is 0 Å². The van der Waals surface area contributed by atoms with Crippen LogP contribution in [-0.2, 0) is 9.59 Å². The second-order valence-electron chi connectivity index (χ2n) is 6.36. The lowest BCUT2D eigenvalue weighted by molar-refractivity contribution is -0.384. The van der Waals surface area contributed by atoms with E-state index in [4.69, 9.17) is 0 Å². The minimum absolute atomic E-state index is 0.0777. The molecule has 1 aliphatic heterocycles. The molecule has 9 heteroatoms. The van der Waals surface area contributed by atoms with Gasteiger partial charge in [0.25, 0.3) is 11.6 Å². The maximum atomic E-state index is 12.6. The first-order valence-corrected chi connectivity index (χ1v) is 8.31. The molecule has 0 spiro atoms. The van der Waals surface area contributed by atoms with Crippen LogP contribution in [0.1, 0.15) is 37.0 Å². The van der Waals surface area contributed by atoms with Crippen LogP contribution in [0.5, 0.6) is 0 Å². The standard InChI is InChI=1S/C17H21N3O6/c1-10(16(22)19-8-4-7-14(11(19)2)17(23)24)18-15(21)12-5-3-6-13(9-12)20(25)26/h3,5-6,9-11,14H,4,7-8H2,1-2H3,(H,18,21)(H,23,24)/t10?,11-,14-/m0/s1. The molecule has 1 aromatic rings. The van der Waals surface area contributed by atoms with Crippen molar-refractivity contribution < 1.29 is 24.4 Å². The molecule has 26 heavy (non-hydrogen) atoms. The summed E-state index contributed by atoms with van der Waals surface area (Å²) < 4.78 is 0. The van der Waals surface area contributed by atoms with E-state index in [0.29, 0.717) is 19.4 Å². The van der Waals surface area contributed by atoms with Crippen molar-refractivity contribution in [3.05, 3.63) is 39.9 Å². The van der Waals surface area contributed by atoms with Crippen molar-refractivity contribution in [3.8, 4) is 0 Å². The fourth-order valence-corrected chi connectivity index (χ4v) is 3.14. The lowest BCUT2D eigenvalue weighted by Crippen LogP contribution is -2.55. The lowest BCUT2D eigenvalue weighted by Gasteiger charge is -2.38. The van der Waals surface area contributed by atoms with Crippen molar-refractivity contribution in [1.29, 1.82) is 0 Å². The Kier molecular flexibility index (Phi) is 5.91. The summed E-state index contributed by atoms with van der Waals surface area (Å²) in [5.41, 5.74) is -0.139. The van der Waals surface area contributed by atoms with Gasteiger partial charge in [-0.2, -0.15) is 0 Å². The number of carboxylic acids is 1. The summed E-state index contributed by atoms with van der Waals surface area (Å²) in [7, 11) is 0. The predicted molar refractivity (Wildman–Crippen MR) is 91.6 cm³/mol. The number of non-ortho nitro benzene ring substituents is 1. The molecular formula is C17H21N3O6. The van der Waals surface area contributed by atoms with E-state index in [-0.39, 0.29) is 17.2 Å². The number of nitro groups is 1. The number of hydrogen-bond acceptors (Lipinski definition) is 5. The molecule has 1 aliphatic rings. The number of carbonyl (C=O) groups is 3. The summed E-state index contributed by atoms with van der Waals surface area (Å²) in [5.74, 6) is -2.55. The van der Waals surface area contributed by atoms with E-state index in [1.165, 1.54) is 30.0 Å². The number of nitro benzene ring substituents is 1. The van der Waals surface area contributed by atoms with Crippen molar-refractivity contribution in [1.82, 2.24) is 10.2 Å². The topological polar surface area (TPSA) is 130 Å². The molecule has 0 aromatic heterocycles. The lowest BCUT2D eigenvalue weighted by atomic mass is 9.90. The summed E-state index contributed by atoms with van der Waals surface area (Å²) in [6, 6.07) is 3.87. The van der Waals surface area contributed by atoms with Crippen molar-refractivity contribution in [3.63, 3.8) is 0 Å². The first kappa shape index (κ1) is 19.4. The summed E-state index contributed by atoms with van der Waals surface area (Å²) in [6.45, 7) is 3.63. The number of carbonyl (C=O) groups excluding carboxylic acids is 2. The van der Waals surface area contributed by atoms with E-state index in [9.17, 15) is 29.6 Å². The Morgan fingerprint density at radius 1 is 1.38 bits per heavy atom. The number of benzene rings is 1. The van der Waals surface area contributed by atoms with Crippen LogP contribution in [0.2, 0.25) is 0 Å². The van der Waals surface area contributed by atoms with Crippen LogP contribution in [-0.4, -0.2) is 51.3 Å². The van der Waals surface area contributed by atoms with Gasteiger partial charge in [0, 0.05) is 30.3 Å². The Bertz CT molecular complexity index is 735. The zero-order valence-electron chi connectivity index (χ0n) is 14.5. The molecule has 140 valence electrons. The SMILES string of the molecule is CC(NC(=O)c1cccc([N+](=O)[O-])c1)C(=O)N1CCC[C@H](C(=O)O)[C@@H]1C. The molecule has 2 N–H and O–H groups in total. The molecule has 1 unspecified atom stereocenters. The van der Waals surface area contributed by atoms with Crippen molar-refractivity contribution in [2.45, 2.75) is 38.8 Å². The Hall–Kier alpha value is -2.97. The summed E-state index contributed by atoms with van der Waals surface area (Å²) >= 11 is 0. The molecule has 1 heterocycles. The van der Waals surface area contributed by atoms with Crippen LogP contribution < -0.4 is 5.32 Å². The summed E-state index contributed by atoms with van der Waals surface area (Å²) in [6.07, 6.45) is 1.09. The first-order valence-electron chi connectivity index (χ1n) is 8.31. The Balaban J connectivity index is 2.06. The fraction of sp³-hybridized carbons (Fsp3) is 0.471. The minimum atomic E-state index is -0.941. The van der Waals surface area contributed by atoms with E-state index >= 15 is 0 Å². The number of nitrogens with zero attached hydrogens (tertiary/aromatic N) is 2. The van der Waals surface area contributed by atoms with E-state index in [1.807, 2.05) is 0 Å². The van der Waals surface area contributed by atoms with Crippen LogP contribution in [0.4, 0.5) is 5.69 Å². The van der Waals surface area contributed by atoms with Gasteiger partial charge < -0.3 is 15.3 Å². The maximum absolute atomic E-state index is 12.6. The van der Waals surface area contributed by atoms with Crippen LogP contribution in [0.15, 0.2) is 24.3 Å². The molecule has 0 bridgehead atoms. The number of rotatable bonds is 5. The van der Waals surface area contributed by atoms with Gasteiger partial charge in [-0.25, -0.2) is 0 Å². The average Bonchev–Trinajstić information content (AvgIpc) is 2.61. The van der Waals surface area contributed by atoms with Gasteiger partial charge in [-0.05, 0) is 32.8 Å². The van der Waals surface area contributed by atoms with Crippen LogP contribution >= 0.6 is 0 Å². The molecule has 0 saturated carbocycles. The van der Waals surface area contributed by atoms with Gasteiger partial charge in [0.2, 0.25) is 5.91 Å². The number of carboxylic acid groups (broad SMARTS) is 1. The second-order valence-corrected chi connectivity index (χ2v) is 6.36. The highest BCUT2D eigenvalue weighted by Gasteiger charge is 2.37. The van der Waals surface area contributed by atoms with Gasteiger partial charge in [-0.3, -0.25) is 24.5 Å². The van der Waals surface area contributed by atoms with E-state index in [1.54, 1.807) is 6.92 Å². The number of likely N-dealkylation sites (tertiary alicyclic amines) is 1. The van der Waals surface area contributed by atoms with Crippen molar-refractivity contribution in [2.75, 3.05) is 6.54 Å². The second kappa shape index (κ2) is 7.94. The molecular weight excluding hydrogens is 342 g/mol. The molecule has 1 fully saturated rings. The van der Waals surface area contributed by atoms with E-state index in [2.05, 4.69) is 5.32 Å². The molecule has 0 radical (unpaired) electrons. The fourth-order valence-electron chi connectivity index (χ4n) is 3.14. The van der Waals surface area contributed by atoms with Gasteiger partial charge in [0.1, 0.15) is 6.04 Å². The highest BCUT2D eigenvalue weighted by Crippen LogP contribution is 2.24. The van der Waals surface area contributed by atoms with E-state index in [0.717, 1.165) is 6.07 Å². The van der Waals surface area contributed by atoms with Crippen LogP contribution in [0.3, 0.4) is 0 Å². The maximum Gasteiger partial charge on any atom is 0.308 e. The number of piperidine rings is 1. The Morgan fingerprint density at radius 2 is 2.08 bits per heavy atom. The van der Waals surface area contributed by atoms with Crippen LogP contribution in [0, 0.1) is 16.0 Å². The number of nitrogens with one attached hydrogen (secondary N) is 1. The number of amides is 2. The summed E-state index contributed by atoms with van der Waals surface area (Å²) in [5, 5.41) is 22.6. The highest BCUT2D eigenvalue weighted by molar-refractivity contribution is 5.98. The third-order valence-electron chi connectivity index (χ3n) is 4.63. The van der Waals surface area contributed by atoms with Gasteiger partial charge in [0.05, 0.1) is 10.8 Å². The van der Waals surface area contributed by atoms with Crippen molar-refractivity contribution in [2.24, 2.45) is 5.92 Å². The Morgan fingerprint density at radius 3 is 2.69 bits per heavy atom. The van der Waals surface area contributed by atoms with Crippen molar-refractivity contribution >= 4 is 23.5 Å². The molecule has 0 aliphatic carbocycles. The van der Waals surface area contributed by atoms with E-state index < -0.39 is 34.8 Å². The molecule has 1 aromatic carbocycles. The first-order chi connectivity index (χ1) is 12.2. The summed E-state index contributed by atoms with van der Waals surface area (Å²) in [4.78, 5) is 47.9. The molecule has 2 amide bonds. The monoisotopic (exact) mass is 363 g/mol. The average molecular weight is 363 g/mol. The quantitative estimate of drug-likeness (QED) is 0.601. The smallest absolute Gasteiger partial charge is 0.308 e. The van der Waals surface area contributed by atoms with Gasteiger partial charge >= 0.3 is 5.97 Å². The predicted octanol–water partition coefficient (Wildman–Crippen LogP) is 1.42. The molecule has 9 nitrogen and oxygen atoms in total. The molecule has 2 rings (SSSR count). The third-order valence-corrected chi connectivity index (χ3v) is 4.63. The highest BCUT2D eigenvalue weighted by atomic mass is 16.6. The molecule has 3 atom stereocenters.